The minimum absolute atomic E-state index is 0.0631. The van der Waals surface area contributed by atoms with Gasteiger partial charge in [0, 0.05) is 18.7 Å². The van der Waals surface area contributed by atoms with Gasteiger partial charge in [0.25, 0.3) is 5.91 Å². The molecule has 0 bridgehead atoms. The van der Waals surface area contributed by atoms with Gasteiger partial charge in [-0.15, -0.1) is 0 Å². The SMILES string of the molecule is CSCCC(NC(=O)c1ccc(S(=O)(=O)NCCN2CCCCC2)cc1-c1ccccc1C)C(=O)O. The number of aliphatic carboxylic acids is 1. The Labute approximate surface area is 217 Å². The van der Waals surface area contributed by atoms with Crippen molar-refractivity contribution in [3.05, 3.63) is 53.6 Å². The number of likely N-dealkylation sites (tertiary alicyclic amines) is 1. The van der Waals surface area contributed by atoms with Crippen LogP contribution in [0.5, 0.6) is 0 Å². The third kappa shape index (κ3) is 7.55. The second kappa shape index (κ2) is 13.2. The molecule has 0 radical (unpaired) electrons. The number of carboxylic acids is 1. The molecule has 10 heteroatoms. The molecule has 3 rings (SSSR count). The van der Waals surface area contributed by atoms with Crippen LogP contribution >= 0.6 is 11.8 Å². The Morgan fingerprint density at radius 3 is 2.47 bits per heavy atom. The van der Waals surface area contributed by atoms with Crippen LogP contribution in [0.15, 0.2) is 47.4 Å². The summed E-state index contributed by atoms with van der Waals surface area (Å²) in [7, 11) is -3.80. The molecule has 0 spiro atoms. The molecule has 1 aliphatic heterocycles. The molecule has 2 aromatic carbocycles. The van der Waals surface area contributed by atoms with Crippen LogP contribution in [-0.4, -0.2) is 74.5 Å². The lowest BCUT2D eigenvalue weighted by Crippen LogP contribution is -2.41. The zero-order valence-electron chi connectivity index (χ0n) is 20.8. The lowest BCUT2D eigenvalue weighted by Gasteiger charge is -2.26. The minimum atomic E-state index is -3.80. The molecule has 1 amide bonds. The molecule has 3 N–H and O–H groups in total. The maximum Gasteiger partial charge on any atom is 0.326 e. The number of sulfonamides is 1. The van der Waals surface area contributed by atoms with Gasteiger partial charge in [-0.2, -0.15) is 11.8 Å². The summed E-state index contributed by atoms with van der Waals surface area (Å²) >= 11 is 1.50. The predicted octanol–water partition coefficient (Wildman–Crippen LogP) is 3.36. The average Bonchev–Trinajstić information content (AvgIpc) is 2.86. The van der Waals surface area contributed by atoms with Crippen LogP contribution in [0, 0.1) is 6.92 Å². The number of carboxylic acid groups (broad SMARTS) is 1. The fourth-order valence-electron chi connectivity index (χ4n) is 4.32. The van der Waals surface area contributed by atoms with E-state index in [1.54, 1.807) is 0 Å². The fraction of sp³-hybridized carbons (Fsp3) is 0.462. The van der Waals surface area contributed by atoms with Crippen molar-refractivity contribution in [2.75, 3.05) is 38.2 Å². The highest BCUT2D eigenvalue weighted by atomic mass is 32.2. The summed E-state index contributed by atoms with van der Waals surface area (Å²) in [6.07, 6.45) is 5.65. The van der Waals surface area contributed by atoms with Gasteiger partial charge in [-0.05, 0) is 86.2 Å². The Hall–Kier alpha value is -2.40. The number of carbonyl (C=O) groups is 2. The quantitative estimate of drug-likeness (QED) is 0.383. The summed E-state index contributed by atoms with van der Waals surface area (Å²) in [6, 6.07) is 10.7. The van der Waals surface area contributed by atoms with E-state index in [0.29, 0.717) is 30.0 Å². The van der Waals surface area contributed by atoms with E-state index in [4.69, 9.17) is 0 Å². The molecule has 2 aromatic rings. The van der Waals surface area contributed by atoms with Gasteiger partial charge in [0.2, 0.25) is 10.0 Å². The molecule has 0 saturated carbocycles. The topological polar surface area (TPSA) is 116 Å². The molecule has 1 unspecified atom stereocenters. The van der Waals surface area contributed by atoms with Gasteiger partial charge in [-0.25, -0.2) is 17.9 Å². The number of rotatable bonds is 12. The first-order valence-corrected chi connectivity index (χ1v) is 15.1. The lowest BCUT2D eigenvalue weighted by atomic mass is 9.95. The van der Waals surface area contributed by atoms with Crippen LogP contribution in [0.4, 0.5) is 0 Å². The van der Waals surface area contributed by atoms with Crippen LogP contribution in [0.1, 0.15) is 41.6 Å². The molecule has 1 saturated heterocycles. The second-order valence-corrected chi connectivity index (χ2v) is 11.7. The Bertz CT molecular complexity index is 1160. The van der Waals surface area contributed by atoms with Gasteiger partial charge < -0.3 is 15.3 Å². The van der Waals surface area contributed by atoms with Crippen LogP contribution in [0.3, 0.4) is 0 Å². The Balaban J connectivity index is 1.88. The van der Waals surface area contributed by atoms with Crippen molar-refractivity contribution in [1.82, 2.24) is 14.9 Å². The first-order chi connectivity index (χ1) is 17.2. The van der Waals surface area contributed by atoms with E-state index in [2.05, 4.69) is 14.9 Å². The third-order valence-corrected chi connectivity index (χ3v) is 8.47. The van der Waals surface area contributed by atoms with Gasteiger partial charge >= 0.3 is 5.97 Å². The number of thioether (sulfide) groups is 1. The number of hydrogen-bond donors (Lipinski definition) is 3. The van der Waals surface area contributed by atoms with Crippen molar-refractivity contribution < 1.29 is 23.1 Å². The van der Waals surface area contributed by atoms with E-state index in [1.807, 2.05) is 37.4 Å². The Morgan fingerprint density at radius 2 is 1.81 bits per heavy atom. The van der Waals surface area contributed by atoms with Gasteiger partial charge in [0.05, 0.1) is 4.90 Å². The van der Waals surface area contributed by atoms with Crippen LogP contribution in [0.2, 0.25) is 0 Å². The molecule has 1 atom stereocenters. The van der Waals surface area contributed by atoms with Crippen LogP contribution < -0.4 is 10.0 Å². The molecular formula is C26H35N3O5S2. The standard InChI is InChI=1S/C26H35N3O5S2/c1-19-8-4-5-9-21(19)23-18-20(36(33,34)27-13-16-29-14-6-3-7-15-29)10-11-22(23)25(30)28-24(26(31)32)12-17-35-2/h4-5,8-11,18,24,27H,3,6-7,12-17H2,1-2H3,(H,28,30)(H,31,32). The van der Waals surface area contributed by atoms with Crippen molar-refractivity contribution in [1.29, 1.82) is 0 Å². The summed E-state index contributed by atoms with van der Waals surface area (Å²) in [6.45, 7) is 4.80. The fourth-order valence-corrected chi connectivity index (χ4v) is 5.84. The molecule has 1 aliphatic rings. The number of nitrogens with one attached hydrogen (secondary N) is 2. The van der Waals surface area contributed by atoms with Gasteiger partial charge in [0.15, 0.2) is 0 Å². The summed E-state index contributed by atoms with van der Waals surface area (Å²) in [4.78, 5) is 27.2. The van der Waals surface area contributed by atoms with Crippen molar-refractivity contribution in [2.45, 2.75) is 43.5 Å². The number of benzene rings is 2. The van der Waals surface area contributed by atoms with E-state index in [-0.39, 0.29) is 16.9 Å². The van der Waals surface area contributed by atoms with Crippen molar-refractivity contribution in [3.63, 3.8) is 0 Å². The molecule has 1 heterocycles. The third-order valence-electron chi connectivity index (χ3n) is 6.36. The first-order valence-electron chi connectivity index (χ1n) is 12.2. The number of nitrogens with zero attached hydrogens (tertiary/aromatic N) is 1. The van der Waals surface area contributed by atoms with E-state index in [9.17, 15) is 23.1 Å². The summed E-state index contributed by atoms with van der Waals surface area (Å²) in [5, 5.41) is 12.1. The van der Waals surface area contributed by atoms with Gasteiger partial charge in [0.1, 0.15) is 6.04 Å². The normalized spacial score (nSPS) is 15.4. The number of carbonyl (C=O) groups excluding carboxylic acids is 1. The Morgan fingerprint density at radius 1 is 1.08 bits per heavy atom. The highest BCUT2D eigenvalue weighted by molar-refractivity contribution is 7.98. The maximum absolute atomic E-state index is 13.2. The van der Waals surface area contributed by atoms with Gasteiger partial charge in [-0.3, -0.25) is 4.79 Å². The zero-order valence-corrected chi connectivity index (χ0v) is 22.5. The average molecular weight is 534 g/mol. The van der Waals surface area contributed by atoms with Crippen LogP contribution in [0.25, 0.3) is 11.1 Å². The second-order valence-electron chi connectivity index (χ2n) is 8.97. The summed E-state index contributed by atoms with van der Waals surface area (Å²) in [5.41, 5.74) is 2.26. The maximum atomic E-state index is 13.2. The first kappa shape index (κ1) is 28.2. The smallest absolute Gasteiger partial charge is 0.326 e. The summed E-state index contributed by atoms with van der Waals surface area (Å²) in [5.74, 6) is -1.07. The highest BCUT2D eigenvalue weighted by Crippen LogP contribution is 2.29. The zero-order chi connectivity index (χ0) is 26.1. The molecule has 8 nitrogen and oxygen atoms in total. The highest BCUT2D eigenvalue weighted by Gasteiger charge is 2.24. The van der Waals surface area contributed by atoms with E-state index >= 15 is 0 Å². The van der Waals surface area contributed by atoms with Crippen molar-refractivity contribution in [3.8, 4) is 11.1 Å². The van der Waals surface area contributed by atoms with Crippen molar-refractivity contribution in [2.24, 2.45) is 0 Å². The summed E-state index contributed by atoms with van der Waals surface area (Å²) < 4.78 is 28.9. The number of aryl methyl sites for hydroxylation is 1. The number of piperidine rings is 1. The van der Waals surface area contributed by atoms with E-state index < -0.39 is 27.9 Å². The molecule has 0 aliphatic carbocycles. The molecular weight excluding hydrogens is 498 g/mol. The van der Waals surface area contributed by atoms with Crippen molar-refractivity contribution >= 4 is 33.7 Å². The Kier molecular flexibility index (Phi) is 10.4. The van der Waals surface area contributed by atoms with Crippen LogP contribution in [-0.2, 0) is 14.8 Å². The van der Waals surface area contributed by atoms with E-state index in [0.717, 1.165) is 31.5 Å². The molecule has 1 fully saturated rings. The molecule has 0 aromatic heterocycles. The van der Waals surface area contributed by atoms with Gasteiger partial charge in [-0.1, -0.05) is 30.7 Å². The minimum Gasteiger partial charge on any atom is -0.480 e. The molecule has 36 heavy (non-hydrogen) atoms. The van der Waals surface area contributed by atoms with E-state index in [1.165, 1.54) is 36.4 Å². The lowest BCUT2D eigenvalue weighted by molar-refractivity contribution is -0.139. The number of hydrogen-bond acceptors (Lipinski definition) is 6. The number of amides is 1. The monoisotopic (exact) mass is 533 g/mol. The largest absolute Gasteiger partial charge is 0.480 e. The molecule has 196 valence electrons. The predicted molar refractivity (Wildman–Crippen MR) is 144 cm³/mol.